The average molecular weight is 470 g/mol. The summed E-state index contributed by atoms with van der Waals surface area (Å²) in [6.07, 6.45) is 1.25. The molecule has 0 fully saturated rings. The van der Waals surface area contributed by atoms with Crippen molar-refractivity contribution in [3.8, 4) is 0 Å². The number of hydrogen-bond donors (Lipinski definition) is 9. The molecular formula is C17H26N8O8. The fraction of sp³-hybridized carbons (Fsp3) is 0.471. The van der Waals surface area contributed by atoms with E-state index in [0.717, 1.165) is 0 Å². The molecular weight excluding hydrogens is 444 g/mol. The van der Waals surface area contributed by atoms with Crippen molar-refractivity contribution >= 4 is 35.5 Å². The van der Waals surface area contributed by atoms with Gasteiger partial charge in [0.1, 0.15) is 18.1 Å². The Morgan fingerprint density at radius 3 is 1.94 bits per heavy atom. The second-order valence-corrected chi connectivity index (χ2v) is 6.93. The van der Waals surface area contributed by atoms with Crippen LogP contribution in [0.1, 0.15) is 18.5 Å². The number of aromatic nitrogens is 2. The predicted molar refractivity (Wildman–Crippen MR) is 108 cm³/mol. The van der Waals surface area contributed by atoms with Crippen molar-refractivity contribution in [3.05, 3.63) is 18.2 Å². The number of carboxylic acids is 1. The van der Waals surface area contributed by atoms with Gasteiger partial charge in [-0.1, -0.05) is 0 Å². The number of aliphatic carboxylic acids is 1. The molecule has 182 valence electrons. The van der Waals surface area contributed by atoms with Crippen LogP contribution >= 0.6 is 0 Å². The predicted octanol–water partition coefficient (Wildman–Crippen LogP) is -5.44. The fourth-order valence-corrected chi connectivity index (χ4v) is 2.55. The minimum atomic E-state index is -1.62. The lowest BCUT2D eigenvalue weighted by Crippen LogP contribution is -2.59. The molecule has 1 rings (SSSR count). The minimum absolute atomic E-state index is 0.175. The van der Waals surface area contributed by atoms with E-state index in [0.29, 0.717) is 5.69 Å². The average Bonchev–Trinajstić information content (AvgIpc) is 3.22. The molecule has 0 aliphatic rings. The summed E-state index contributed by atoms with van der Waals surface area (Å²) in [6, 6.07) is -6.07. The third-order valence-electron chi connectivity index (χ3n) is 4.21. The van der Waals surface area contributed by atoms with Crippen molar-refractivity contribution in [1.82, 2.24) is 25.9 Å². The maximum atomic E-state index is 12.6. The van der Waals surface area contributed by atoms with Crippen LogP contribution in [0.15, 0.2) is 12.5 Å². The molecule has 16 nitrogen and oxygen atoms in total. The molecule has 4 unspecified atom stereocenters. The fourth-order valence-electron chi connectivity index (χ4n) is 2.55. The highest BCUT2D eigenvalue weighted by Gasteiger charge is 2.31. The zero-order valence-corrected chi connectivity index (χ0v) is 17.3. The number of carbonyl (C=O) groups excluding carboxylic acids is 5. The summed E-state index contributed by atoms with van der Waals surface area (Å²) in [5.41, 5.74) is 15.9. The number of amides is 5. The number of H-pyrrole nitrogens is 1. The Kier molecular flexibility index (Phi) is 10.4. The molecule has 0 spiro atoms. The van der Waals surface area contributed by atoms with Gasteiger partial charge in [-0.3, -0.25) is 24.0 Å². The number of primary amides is 2. The van der Waals surface area contributed by atoms with Gasteiger partial charge in [-0.2, -0.15) is 0 Å². The van der Waals surface area contributed by atoms with Gasteiger partial charge in [-0.25, -0.2) is 9.78 Å². The Balaban J connectivity index is 2.88. The quantitative estimate of drug-likeness (QED) is 0.124. The lowest BCUT2D eigenvalue weighted by atomic mass is 10.1. The number of rotatable bonds is 14. The largest absolute Gasteiger partial charge is 0.480 e. The van der Waals surface area contributed by atoms with Crippen LogP contribution in [0.25, 0.3) is 0 Å². The number of carboxylic acid groups (broad SMARTS) is 1. The van der Waals surface area contributed by atoms with Crippen LogP contribution in [-0.4, -0.2) is 86.5 Å². The van der Waals surface area contributed by atoms with Gasteiger partial charge in [0, 0.05) is 18.3 Å². The van der Waals surface area contributed by atoms with Crippen LogP contribution < -0.4 is 33.2 Å². The molecule has 0 aliphatic carbocycles. The first-order chi connectivity index (χ1) is 15.4. The van der Waals surface area contributed by atoms with Crippen LogP contribution in [0.5, 0.6) is 0 Å². The first-order valence-electron chi connectivity index (χ1n) is 9.48. The van der Waals surface area contributed by atoms with E-state index in [-0.39, 0.29) is 6.42 Å². The highest BCUT2D eigenvalue weighted by molar-refractivity contribution is 5.96. The third kappa shape index (κ3) is 9.32. The number of carbonyl (C=O) groups is 6. The molecule has 12 N–H and O–H groups in total. The third-order valence-corrected chi connectivity index (χ3v) is 4.21. The van der Waals surface area contributed by atoms with E-state index in [1.54, 1.807) is 0 Å². The summed E-state index contributed by atoms with van der Waals surface area (Å²) in [6.45, 7) is -0.927. The Labute approximate surface area is 186 Å². The summed E-state index contributed by atoms with van der Waals surface area (Å²) in [5, 5.41) is 25.1. The summed E-state index contributed by atoms with van der Waals surface area (Å²) in [4.78, 5) is 77.1. The van der Waals surface area contributed by atoms with Crippen molar-refractivity contribution in [2.24, 2.45) is 17.2 Å². The van der Waals surface area contributed by atoms with Gasteiger partial charge in [0.05, 0.1) is 31.8 Å². The monoisotopic (exact) mass is 470 g/mol. The number of nitrogens with one attached hydrogen (secondary N) is 4. The first kappa shape index (κ1) is 27.0. The number of aliphatic hydroxyl groups excluding tert-OH is 1. The van der Waals surface area contributed by atoms with Crippen molar-refractivity contribution in [1.29, 1.82) is 0 Å². The number of nitrogens with zero attached hydrogens (tertiary/aromatic N) is 1. The van der Waals surface area contributed by atoms with Gasteiger partial charge in [0.15, 0.2) is 0 Å². The van der Waals surface area contributed by atoms with E-state index in [2.05, 4.69) is 25.9 Å². The number of imidazole rings is 1. The standard InChI is InChI=1S/C17H26N8O8/c18-8(2-12(19)27)14(29)25-11(5-26)16(31)23-9(3-13(20)28)15(30)24-10(17(32)33)1-7-4-21-6-22-7/h4,6,8-11,26H,1-3,5,18H2,(H2,19,27)(H2,20,28)(H,21,22)(H,23,31)(H,24,30)(H,25,29)(H,32,33). The van der Waals surface area contributed by atoms with Gasteiger partial charge in [-0.15, -0.1) is 0 Å². The summed E-state index contributed by atoms with van der Waals surface area (Å²) < 4.78 is 0. The molecule has 0 aromatic carbocycles. The number of nitrogens with two attached hydrogens (primary N) is 3. The van der Waals surface area contributed by atoms with Crippen molar-refractivity contribution in [3.63, 3.8) is 0 Å². The maximum absolute atomic E-state index is 12.6. The topological polar surface area (TPSA) is 286 Å². The molecule has 0 saturated heterocycles. The smallest absolute Gasteiger partial charge is 0.326 e. The van der Waals surface area contributed by atoms with Gasteiger partial charge in [0.25, 0.3) is 0 Å². The maximum Gasteiger partial charge on any atom is 0.326 e. The van der Waals surface area contributed by atoms with Gasteiger partial charge in [-0.05, 0) is 0 Å². The molecule has 4 atom stereocenters. The van der Waals surface area contributed by atoms with Gasteiger partial charge >= 0.3 is 5.97 Å². The Hall–Kier alpha value is -4.05. The molecule has 0 aliphatic heterocycles. The number of aromatic amines is 1. The van der Waals surface area contributed by atoms with Crippen molar-refractivity contribution < 1.29 is 39.0 Å². The highest BCUT2D eigenvalue weighted by Crippen LogP contribution is 2.02. The first-order valence-corrected chi connectivity index (χ1v) is 9.48. The zero-order valence-electron chi connectivity index (χ0n) is 17.3. The second kappa shape index (κ2) is 12.7. The summed E-state index contributed by atoms with van der Waals surface area (Å²) in [7, 11) is 0. The van der Waals surface area contributed by atoms with E-state index in [1.165, 1.54) is 12.5 Å². The van der Waals surface area contributed by atoms with E-state index in [9.17, 15) is 39.0 Å². The molecule has 1 aromatic heterocycles. The van der Waals surface area contributed by atoms with Crippen LogP contribution in [0.3, 0.4) is 0 Å². The molecule has 0 bridgehead atoms. The van der Waals surface area contributed by atoms with Crippen LogP contribution in [-0.2, 0) is 35.2 Å². The van der Waals surface area contributed by atoms with Crippen LogP contribution in [0.4, 0.5) is 0 Å². The van der Waals surface area contributed by atoms with Crippen molar-refractivity contribution in [2.75, 3.05) is 6.61 Å². The number of hydrogen-bond acceptors (Lipinski definition) is 9. The van der Waals surface area contributed by atoms with Gasteiger partial charge in [0.2, 0.25) is 29.5 Å². The molecule has 5 amide bonds. The molecule has 1 aromatic rings. The summed E-state index contributed by atoms with van der Waals surface area (Å²) >= 11 is 0. The minimum Gasteiger partial charge on any atom is -0.480 e. The Morgan fingerprint density at radius 1 is 0.909 bits per heavy atom. The normalized spacial score (nSPS) is 14.2. The molecule has 0 radical (unpaired) electrons. The summed E-state index contributed by atoms with van der Waals surface area (Å²) in [5.74, 6) is -6.40. The second-order valence-electron chi connectivity index (χ2n) is 6.93. The molecule has 33 heavy (non-hydrogen) atoms. The lowest BCUT2D eigenvalue weighted by molar-refractivity contribution is -0.142. The molecule has 1 heterocycles. The van der Waals surface area contributed by atoms with E-state index >= 15 is 0 Å². The van der Waals surface area contributed by atoms with E-state index in [4.69, 9.17) is 17.2 Å². The van der Waals surface area contributed by atoms with Crippen molar-refractivity contribution in [2.45, 2.75) is 43.4 Å². The van der Waals surface area contributed by atoms with Crippen LogP contribution in [0, 0.1) is 0 Å². The Bertz CT molecular complexity index is 874. The molecule has 0 saturated carbocycles. The SMILES string of the molecule is NC(=O)CC(N)C(=O)NC(CO)C(=O)NC(CC(N)=O)C(=O)NC(Cc1cnc[nH]1)C(=O)O. The zero-order chi connectivity index (χ0) is 25.1. The highest BCUT2D eigenvalue weighted by atomic mass is 16.4. The van der Waals surface area contributed by atoms with E-state index in [1.807, 2.05) is 0 Å². The van der Waals surface area contributed by atoms with E-state index < -0.39 is 79.1 Å². The van der Waals surface area contributed by atoms with Gasteiger partial charge < -0.3 is 48.3 Å². The Morgan fingerprint density at radius 2 is 1.45 bits per heavy atom. The van der Waals surface area contributed by atoms with Crippen LogP contribution in [0.2, 0.25) is 0 Å². The number of aliphatic hydroxyl groups is 1. The molecule has 16 heteroatoms. The lowest BCUT2D eigenvalue weighted by Gasteiger charge is -2.23.